The van der Waals surface area contributed by atoms with E-state index in [0.29, 0.717) is 0 Å². The maximum absolute atomic E-state index is 11.3. The standard InChI is InChI=1S/C10H15N3O7/c11-6(2-9(18)19)10(20)12-3-7(15)13-5(4-14)1-8(16)17/h4-6H,1-3,11H2,(H,12,20)(H,13,15)(H,16,17)(H,18,19)/t5-,6-/m0/s1. The first kappa shape index (κ1) is 17.5. The number of aliphatic carboxylic acids is 2. The number of carbonyl (C=O) groups is 5. The molecule has 0 unspecified atom stereocenters. The number of amides is 2. The van der Waals surface area contributed by atoms with Crippen LogP contribution in [0.25, 0.3) is 0 Å². The van der Waals surface area contributed by atoms with Crippen LogP contribution in [0.1, 0.15) is 12.8 Å². The van der Waals surface area contributed by atoms with Gasteiger partial charge in [-0.05, 0) is 0 Å². The molecule has 10 nitrogen and oxygen atoms in total. The molecule has 20 heavy (non-hydrogen) atoms. The van der Waals surface area contributed by atoms with Crippen LogP contribution in [0.4, 0.5) is 0 Å². The third-order valence-electron chi connectivity index (χ3n) is 2.06. The van der Waals surface area contributed by atoms with Gasteiger partial charge >= 0.3 is 11.9 Å². The molecule has 2 amide bonds. The van der Waals surface area contributed by atoms with Gasteiger partial charge in [0.1, 0.15) is 6.29 Å². The van der Waals surface area contributed by atoms with Crippen molar-refractivity contribution in [1.29, 1.82) is 0 Å². The molecule has 0 aromatic carbocycles. The van der Waals surface area contributed by atoms with Gasteiger partial charge in [-0.25, -0.2) is 0 Å². The van der Waals surface area contributed by atoms with Gasteiger partial charge in [0.15, 0.2) is 0 Å². The number of nitrogens with one attached hydrogen (secondary N) is 2. The van der Waals surface area contributed by atoms with Crippen molar-refractivity contribution < 1.29 is 34.2 Å². The fourth-order valence-electron chi connectivity index (χ4n) is 1.16. The van der Waals surface area contributed by atoms with Crippen LogP contribution < -0.4 is 16.4 Å². The number of hydrogen-bond acceptors (Lipinski definition) is 6. The summed E-state index contributed by atoms with van der Waals surface area (Å²) in [7, 11) is 0. The van der Waals surface area contributed by atoms with Crippen LogP contribution in [0.2, 0.25) is 0 Å². The lowest BCUT2D eigenvalue weighted by atomic mass is 10.2. The lowest BCUT2D eigenvalue weighted by molar-refractivity contribution is -0.139. The van der Waals surface area contributed by atoms with Crippen molar-refractivity contribution in [2.75, 3.05) is 6.54 Å². The van der Waals surface area contributed by atoms with Crippen molar-refractivity contribution in [2.45, 2.75) is 24.9 Å². The van der Waals surface area contributed by atoms with E-state index in [0.717, 1.165) is 0 Å². The minimum atomic E-state index is -1.30. The predicted octanol–water partition coefficient (Wildman–Crippen LogP) is -2.94. The van der Waals surface area contributed by atoms with E-state index >= 15 is 0 Å². The van der Waals surface area contributed by atoms with Gasteiger partial charge in [-0.2, -0.15) is 0 Å². The Morgan fingerprint density at radius 1 is 1.10 bits per heavy atom. The topological polar surface area (TPSA) is 176 Å². The third kappa shape index (κ3) is 7.76. The molecule has 112 valence electrons. The molecular weight excluding hydrogens is 274 g/mol. The summed E-state index contributed by atoms with van der Waals surface area (Å²) < 4.78 is 0. The Kier molecular flexibility index (Phi) is 7.52. The summed E-state index contributed by atoms with van der Waals surface area (Å²) in [6.45, 7) is -0.546. The van der Waals surface area contributed by atoms with E-state index in [4.69, 9.17) is 15.9 Å². The maximum atomic E-state index is 11.3. The minimum absolute atomic E-state index is 0.254. The van der Waals surface area contributed by atoms with Crippen molar-refractivity contribution in [3.63, 3.8) is 0 Å². The van der Waals surface area contributed by atoms with E-state index in [1.807, 2.05) is 0 Å². The number of hydrogen-bond donors (Lipinski definition) is 5. The Balaban J connectivity index is 4.15. The number of carboxylic acids is 2. The maximum Gasteiger partial charge on any atom is 0.305 e. The van der Waals surface area contributed by atoms with Gasteiger partial charge in [0.2, 0.25) is 11.8 Å². The van der Waals surface area contributed by atoms with E-state index in [2.05, 4.69) is 10.6 Å². The molecule has 0 aromatic rings. The van der Waals surface area contributed by atoms with E-state index in [-0.39, 0.29) is 6.29 Å². The molecule has 10 heteroatoms. The van der Waals surface area contributed by atoms with Crippen molar-refractivity contribution in [2.24, 2.45) is 5.73 Å². The highest BCUT2D eigenvalue weighted by molar-refractivity contribution is 5.90. The molecule has 0 rings (SSSR count). The number of aldehydes is 1. The molecule has 0 aliphatic carbocycles. The molecule has 0 heterocycles. The summed E-state index contributed by atoms with van der Waals surface area (Å²) in [6, 6.07) is -2.51. The van der Waals surface area contributed by atoms with Crippen LogP contribution in [-0.2, 0) is 24.0 Å². The van der Waals surface area contributed by atoms with E-state index in [1.165, 1.54) is 0 Å². The molecule has 2 atom stereocenters. The van der Waals surface area contributed by atoms with Gasteiger partial charge in [0.05, 0.1) is 31.5 Å². The Labute approximate surface area is 113 Å². The first-order valence-corrected chi connectivity index (χ1v) is 5.47. The number of carbonyl (C=O) groups excluding carboxylic acids is 3. The fourth-order valence-corrected chi connectivity index (χ4v) is 1.16. The lowest BCUT2D eigenvalue weighted by Gasteiger charge is -2.12. The lowest BCUT2D eigenvalue weighted by Crippen LogP contribution is -2.47. The Morgan fingerprint density at radius 3 is 2.10 bits per heavy atom. The highest BCUT2D eigenvalue weighted by Crippen LogP contribution is 1.90. The Hall–Kier alpha value is -2.49. The second kappa shape index (κ2) is 8.58. The van der Waals surface area contributed by atoms with Gasteiger partial charge in [0, 0.05) is 0 Å². The molecule has 0 saturated carbocycles. The predicted molar refractivity (Wildman–Crippen MR) is 63.5 cm³/mol. The second-order valence-electron chi connectivity index (χ2n) is 3.83. The van der Waals surface area contributed by atoms with E-state index in [1.54, 1.807) is 0 Å². The van der Waals surface area contributed by atoms with Crippen LogP contribution in [0.3, 0.4) is 0 Å². The van der Waals surface area contributed by atoms with Crippen LogP contribution >= 0.6 is 0 Å². The van der Waals surface area contributed by atoms with E-state index in [9.17, 15) is 24.0 Å². The second-order valence-corrected chi connectivity index (χ2v) is 3.83. The van der Waals surface area contributed by atoms with Gasteiger partial charge < -0.3 is 31.4 Å². The van der Waals surface area contributed by atoms with Crippen molar-refractivity contribution in [1.82, 2.24) is 10.6 Å². The van der Waals surface area contributed by atoms with Gasteiger partial charge in [-0.1, -0.05) is 0 Å². The highest BCUT2D eigenvalue weighted by Gasteiger charge is 2.19. The average molecular weight is 289 g/mol. The molecular formula is C10H15N3O7. The summed E-state index contributed by atoms with van der Waals surface area (Å²) in [5.74, 6) is -4.17. The smallest absolute Gasteiger partial charge is 0.305 e. The van der Waals surface area contributed by atoms with Crippen LogP contribution in [0.15, 0.2) is 0 Å². The molecule has 0 spiro atoms. The summed E-state index contributed by atoms with van der Waals surface area (Å²) in [4.78, 5) is 53.7. The zero-order valence-electron chi connectivity index (χ0n) is 10.4. The highest BCUT2D eigenvalue weighted by atomic mass is 16.4. The monoisotopic (exact) mass is 289 g/mol. The SMILES string of the molecule is N[C@@H](CC(=O)O)C(=O)NCC(=O)N[C@H](C=O)CC(=O)O. The molecule has 0 bridgehead atoms. The molecule has 0 aromatic heterocycles. The summed E-state index contributed by atoms with van der Waals surface area (Å²) in [5.41, 5.74) is 5.24. The summed E-state index contributed by atoms with van der Waals surface area (Å²) in [6.07, 6.45) is -0.921. The normalized spacial score (nSPS) is 12.8. The van der Waals surface area contributed by atoms with E-state index < -0.39 is 55.2 Å². The zero-order valence-corrected chi connectivity index (χ0v) is 10.4. The Morgan fingerprint density at radius 2 is 1.65 bits per heavy atom. The zero-order chi connectivity index (χ0) is 15.7. The average Bonchev–Trinajstić information content (AvgIpc) is 2.33. The van der Waals surface area contributed by atoms with Crippen molar-refractivity contribution in [3.05, 3.63) is 0 Å². The molecule has 0 saturated heterocycles. The molecule has 0 aliphatic rings. The molecule has 0 aliphatic heterocycles. The summed E-state index contributed by atoms with van der Waals surface area (Å²) in [5, 5.41) is 21.0. The van der Waals surface area contributed by atoms with Gasteiger partial charge in [-0.3, -0.25) is 19.2 Å². The molecule has 6 N–H and O–H groups in total. The quantitative estimate of drug-likeness (QED) is 0.280. The van der Waals surface area contributed by atoms with Gasteiger partial charge in [-0.15, -0.1) is 0 Å². The molecule has 0 fully saturated rings. The van der Waals surface area contributed by atoms with Crippen LogP contribution in [0, 0.1) is 0 Å². The van der Waals surface area contributed by atoms with Crippen molar-refractivity contribution in [3.8, 4) is 0 Å². The minimum Gasteiger partial charge on any atom is -0.481 e. The largest absolute Gasteiger partial charge is 0.481 e. The summed E-state index contributed by atoms with van der Waals surface area (Å²) >= 11 is 0. The van der Waals surface area contributed by atoms with Crippen LogP contribution in [-0.4, -0.2) is 58.9 Å². The van der Waals surface area contributed by atoms with Crippen LogP contribution in [0.5, 0.6) is 0 Å². The fraction of sp³-hybridized carbons (Fsp3) is 0.500. The third-order valence-corrected chi connectivity index (χ3v) is 2.06. The van der Waals surface area contributed by atoms with Gasteiger partial charge in [0.25, 0.3) is 0 Å². The number of nitrogens with two attached hydrogens (primary N) is 1. The first-order chi connectivity index (χ1) is 9.26. The molecule has 0 radical (unpaired) electrons. The number of carboxylic acid groups (broad SMARTS) is 2. The van der Waals surface area contributed by atoms with Crippen molar-refractivity contribution >= 4 is 30.0 Å². The number of rotatable bonds is 9. The first-order valence-electron chi connectivity index (χ1n) is 5.47. The Bertz CT molecular complexity index is 410.